The summed E-state index contributed by atoms with van der Waals surface area (Å²) in [5.41, 5.74) is 3.26. The fraction of sp³-hybridized carbons (Fsp3) is 0.318. The van der Waals surface area contributed by atoms with E-state index in [9.17, 15) is 4.79 Å². The number of anilines is 2. The number of aryl methyl sites for hydroxylation is 1. The molecule has 0 aliphatic carbocycles. The SMILES string of the molecule is CCN(c1ccc(NC(=O)c2cccnc2SCc2cc(C)on2)cc1)C(C)C. The highest BCUT2D eigenvalue weighted by Gasteiger charge is 2.15. The third-order valence-electron chi connectivity index (χ3n) is 4.47. The summed E-state index contributed by atoms with van der Waals surface area (Å²) in [6.07, 6.45) is 1.69. The van der Waals surface area contributed by atoms with Crippen LogP contribution < -0.4 is 10.2 Å². The second kappa shape index (κ2) is 9.60. The van der Waals surface area contributed by atoms with E-state index in [4.69, 9.17) is 4.52 Å². The van der Waals surface area contributed by atoms with Gasteiger partial charge in [-0.25, -0.2) is 4.98 Å². The first-order valence-corrected chi connectivity index (χ1v) is 10.6. The van der Waals surface area contributed by atoms with Crippen LogP contribution in [-0.2, 0) is 5.75 Å². The van der Waals surface area contributed by atoms with Crippen LogP contribution in [0.4, 0.5) is 11.4 Å². The smallest absolute Gasteiger partial charge is 0.258 e. The lowest BCUT2D eigenvalue weighted by Crippen LogP contribution is -2.30. The van der Waals surface area contributed by atoms with Crippen LogP contribution in [-0.4, -0.2) is 28.6 Å². The number of carbonyl (C=O) groups is 1. The number of rotatable bonds is 8. The van der Waals surface area contributed by atoms with Gasteiger partial charge in [0.2, 0.25) is 0 Å². The Hall–Kier alpha value is -2.80. The first-order chi connectivity index (χ1) is 14.0. The molecule has 0 saturated carbocycles. The number of amides is 1. The molecular formula is C22H26N4O2S. The second-order valence-electron chi connectivity index (χ2n) is 6.95. The second-order valence-corrected chi connectivity index (χ2v) is 7.92. The number of aromatic nitrogens is 2. The molecule has 0 spiro atoms. The van der Waals surface area contributed by atoms with Crippen molar-refractivity contribution in [2.75, 3.05) is 16.8 Å². The molecule has 2 aromatic heterocycles. The van der Waals surface area contributed by atoms with Crippen LogP contribution >= 0.6 is 11.8 Å². The van der Waals surface area contributed by atoms with Gasteiger partial charge >= 0.3 is 0 Å². The molecule has 7 heteroatoms. The lowest BCUT2D eigenvalue weighted by atomic mass is 10.2. The molecule has 1 aromatic carbocycles. The van der Waals surface area contributed by atoms with Crippen LogP contribution in [0, 0.1) is 6.92 Å². The van der Waals surface area contributed by atoms with Gasteiger partial charge in [-0.05, 0) is 64.1 Å². The molecule has 2 heterocycles. The van der Waals surface area contributed by atoms with E-state index in [1.165, 1.54) is 11.8 Å². The summed E-state index contributed by atoms with van der Waals surface area (Å²) < 4.78 is 5.09. The Morgan fingerprint density at radius 1 is 1.24 bits per heavy atom. The lowest BCUT2D eigenvalue weighted by molar-refractivity contribution is 0.102. The van der Waals surface area contributed by atoms with Crippen molar-refractivity contribution in [2.24, 2.45) is 0 Å². The lowest BCUT2D eigenvalue weighted by Gasteiger charge is -2.27. The minimum atomic E-state index is -0.180. The van der Waals surface area contributed by atoms with E-state index >= 15 is 0 Å². The van der Waals surface area contributed by atoms with Crippen LogP contribution in [0.2, 0.25) is 0 Å². The van der Waals surface area contributed by atoms with Crippen molar-refractivity contribution in [1.82, 2.24) is 10.1 Å². The largest absolute Gasteiger partial charge is 0.369 e. The molecule has 1 N–H and O–H groups in total. The molecule has 0 atom stereocenters. The van der Waals surface area contributed by atoms with Gasteiger partial charge in [0.15, 0.2) is 0 Å². The van der Waals surface area contributed by atoms with Gasteiger partial charge in [-0.3, -0.25) is 4.79 Å². The Balaban J connectivity index is 1.69. The van der Waals surface area contributed by atoms with E-state index in [0.717, 1.165) is 29.4 Å². The fourth-order valence-electron chi connectivity index (χ4n) is 3.09. The highest BCUT2D eigenvalue weighted by Crippen LogP contribution is 2.25. The van der Waals surface area contributed by atoms with Crippen LogP contribution in [0.1, 0.15) is 42.6 Å². The average molecular weight is 411 g/mol. The fourth-order valence-corrected chi connectivity index (χ4v) is 3.96. The summed E-state index contributed by atoms with van der Waals surface area (Å²) in [7, 11) is 0. The van der Waals surface area contributed by atoms with Crippen LogP contribution in [0.25, 0.3) is 0 Å². The standard InChI is InChI=1S/C22H26N4O2S/c1-5-26(15(2)3)19-10-8-17(9-11-19)24-21(27)20-7-6-12-23-22(20)29-14-18-13-16(4)28-25-18/h6-13,15H,5,14H2,1-4H3,(H,24,27). The Labute approximate surface area is 175 Å². The van der Waals surface area contributed by atoms with Gasteiger partial charge in [0, 0.05) is 42.0 Å². The zero-order valence-electron chi connectivity index (χ0n) is 17.2. The topological polar surface area (TPSA) is 71.3 Å². The number of hydrogen-bond acceptors (Lipinski definition) is 6. The predicted molar refractivity (Wildman–Crippen MR) is 118 cm³/mol. The van der Waals surface area contributed by atoms with E-state index in [1.54, 1.807) is 18.3 Å². The van der Waals surface area contributed by atoms with Crippen LogP contribution in [0.3, 0.4) is 0 Å². The van der Waals surface area contributed by atoms with Gasteiger partial charge in [0.1, 0.15) is 10.8 Å². The summed E-state index contributed by atoms with van der Waals surface area (Å²) in [6.45, 7) is 9.26. The van der Waals surface area contributed by atoms with Crippen molar-refractivity contribution in [3.8, 4) is 0 Å². The molecular weight excluding hydrogens is 384 g/mol. The third-order valence-corrected chi connectivity index (χ3v) is 5.51. The summed E-state index contributed by atoms with van der Waals surface area (Å²) in [6, 6.07) is 13.8. The van der Waals surface area contributed by atoms with Gasteiger partial charge in [0.25, 0.3) is 5.91 Å². The van der Waals surface area contributed by atoms with E-state index in [-0.39, 0.29) is 5.91 Å². The Bertz CT molecular complexity index is 953. The van der Waals surface area contributed by atoms with Gasteiger partial charge in [-0.1, -0.05) is 16.9 Å². The summed E-state index contributed by atoms with van der Waals surface area (Å²) in [5, 5.41) is 7.62. The van der Waals surface area contributed by atoms with Gasteiger partial charge < -0.3 is 14.7 Å². The molecule has 0 saturated heterocycles. The highest BCUT2D eigenvalue weighted by atomic mass is 32.2. The van der Waals surface area contributed by atoms with Crippen molar-refractivity contribution < 1.29 is 9.32 Å². The number of thioether (sulfide) groups is 1. The van der Waals surface area contributed by atoms with Crippen molar-refractivity contribution in [3.63, 3.8) is 0 Å². The molecule has 0 aliphatic heterocycles. The normalized spacial score (nSPS) is 10.9. The molecule has 1 amide bonds. The molecule has 3 aromatic rings. The Morgan fingerprint density at radius 2 is 2.00 bits per heavy atom. The highest BCUT2D eigenvalue weighted by molar-refractivity contribution is 7.98. The quantitative estimate of drug-likeness (QED) is 0.517. The molecule has 0 bridgehead atoms. The minimum Gasteiger partial charge on any atom is -0.369 e. The van der Waals surface area contributed by atoms with Crippen molar-refractivity contribution >= 4 is 29.0 Å². The van der Waals surface area contributed by atoms with Gasteiger partial charge in [-0.2, -0.15) is 0 Å². The Morgan fingerprint density at radius 3 is 2.62 bits per heavy atom. The maximum atomic E-state index is 12.8. The Kier molecular flexibility index (Phi) is 6.93. The monoisotopic (exact) mass is 410 g/mol. The van der Waals surface area contributed by atoms with Gasteiger partial charge in [0.05, 0.1) is 11.3 Å². The first kappa shape index (κ1) is 20.9. The molecule has 29 heavy (non-hydrogen) atoms. The third kappa shape index (κ3) is 5.38. The molecule has 6 nitrogen and oxygen atoms in total. The number of hydrogen-bond donors (Lipinski definition) is 1. The molecule has 0 fully saturated rings. The van der Waals surface area contributed by atoms with Crippen LogP contribution in [0.15, 0.2) is 58.2 Å². The molecule has 0 aliphatic rings. The number of benzene rings is 1. The van der Waals surface area contributed by atoms with E-state index in [1.807, 2.05) is 37.3 Å². The van der Waals surface area contributed by atoms with E-state index in [2.05, 4.69) is 41.1 Å². The number of pyridine rings is 1. The van der Waals surface area contributed by atoms with Crippen molar-refractivity contribution in [2.45, 2.75) is 44.5 Å². The van der Waals surface area contributed by atoms with Crippen molar-refractivity contribution in [1.29, 1.82) is 0 Å². The number of nitrogens with one attached hydrogen (secondary N) is 1. The van der Waals surface area contributed by atoms with Crippen LogP contribution in [0.5, 0.6) is 0 Å². The minimum absolute atomic E-state index is 0.180. The molecule has 0 radical (unpaired) electrons. The number of nitrogens with zero attached hydrogens (tertiary/aromatic N) is 3. The summed E-state index contributed by atoms with van der Waals surface area (Å²) in [4.78, 5) is 19.5. The molecule has 0 unspecified atom stereocenters. The van der Waals surface area contributed by atoms with E-state index in [0.29, 0.717) is 22.4 Å². The zero-order chi connectivity index (χ0) is 20.8. The molecule has 3 rings (SSSR count). The first-order valence-electron chi connectivity index (χ1n) is 9.66. The zero-order valence-corrected chi connectivity index (χ0v) is 18.0. The summed E-state index contributed by atoms with van der Waals surface area (Å²) >= 11 is 1.46. The van der Waals surface area contributed by atoms with Gasteiger partial charge in [-0.15, -0.1) is 0 Å². The van der Waals surface area contributed by atoms with Crippen molar-refractivity contribution in [3.05, 3.63) is 65.7 Å². The predicted octanol–water partition coefficient (Wildman–Crippen LogP) is 5.16. The van der Waals surface area contributed by atoms with E-state index < -0.39 is 0 Å². The number of carbonyl (C=O) groups excluding carboxylic acids is 1. The summed E-state index contributed by atoms with van der Waals surface area (Å²) in [5.74, 6) is 1.17. The maximum Gasteiger partial charge on any atom is 0.258 e. The molecule has 152 valence electrons. The maximum absolute atomic E-state index is 12.8. The average Bonchev–Trinajstić information content (AvgIpc) is 3.13.